The third-order valence-corrected chi connectivity index (χ3v) is 8.07. The van der Waals surface area contributed by atoms with Crippen LogP contribution in [0.15, 0.2) is 0 Å². The van der Waals surface area contributed by atoms with Crippen LogP contribution in [0.5, 0.6) is 0 Å². The van der Waals surface area contributed by atoms with Gasteiger partial charge in [-0.25, -0.2) is 0 Å². The minimum atomic E-state index is -3.72. The van der Waals surface area contributed by atoms with Crippen LogP contribution in [-0.2, 0) is 23.4 Å². The number of ether oxygens (including phenoxy) is 2. The van der Waals surface area contributed by atoms with Crippen LogP contribution in [-0.4, -0.2) is 68.0 Å². The van der Waals surface area contributed by atoms with Gasteiger partial charge in [-0.2, -0.15) is 0 Å². The van der Waals surface area contributed by atoms with Crippen molar-refractivity contribution in [3.8, 4) is 0 Å². The standard InChI is InChI=1S/C28H58NO6P/c1-4-7-8-9-10-11-12-13-14-15-16-17-18-19-20-21-23-33-25-28(34-27-30)26-35-36(31,32)24-22-29(5-2)6-3/h27-28H,4-26H2,1-3H3,(H,31,32). The average molecular weight is 536 g/mol. The Morgan fingerprint density at radius 3 is 1.67 bits per heavy atom. The van der Waals surface area contributed by atoms with Crippen LogP contribution in [0.3, 0.4) is 0 Å². The molecule has 0 aromatic heterocycles. The average Bonchev–Trinajstić information content (AvgIpc) is 2.87. The van der Waals surface area contributed by atoms with Gasteiger partial charge in [0.05, 0.1) is 19.4 Å². The van der Waals surface area contributed by atoms with Gasteiger partial charge in [-0.3, -0.25) is 9.36 Å². The summed E-state index contributed by atoms with van der Waals surface area (Å²) in [7, 11) is -3.72. The Balaban J connectivity index is 3.61. The number of carbonyl (C=O) groups excluding carboxylic acids is 1. The molecule has 0 heterocycles. The Labute approximate surface area is 222 Å². The van der Waals surface area contributed by atoms with E-state index in [-0.39, 0.29) is 19.4 Å². The number of unbranched alkanes of at least 4 members (excludes halogenated alkanes) is 15. The largest absolute Gasteiger partial charge is 0.460 e. The van der Waals surface area contributed by atoms with Crippen molar-refractivity contribution in [2.75, 3.05) is 45.6 Å². The lowest BCUT2D eigenvalue weighted by molar-refractivity contribution is -0.138. The molecular weight excluding hydrogens is 477 g/mol. The number of hydrogen-bond donors (Lipinski definition) is 1. The Morgan fingerprint density at radius 1 is 0.750 bits per heavy atom. The summed E-state index contributed by atoms with van der Waals surface area (Å²) in [4.78, 5) is 22.8. The van der Waals surface area contributed by atoms with Crippen molar-refractivity contribution in [3.63, 3.8) is 0 Å². The molecule has 0 saturated heterocycles. The van der Waals surface area contributed by atoms with Crippen molar-refractivity contribution < 1.29 is 28.3 Å². The number of carbonyl (C=O) groups is 1. The van der Waals surface area contributed by atoms with Crippen molar-refractivity contribution in [2.24, 2.45) is 0 Å². The second-order valence-electron chi connectivity index (χ2n) is 9.92. The third-order valence-electron chi connectivity index (χ3n) is 6.75. The van der Waals surface area contributed by atoms with E-state index in [1.54, 1.807) is 0 Å². The summed E-state index contributed by atoms with van der Waals surface area (Å²) >= 11 is 0. The zero-order valence-electron chi connectivity index (χ0n) is 23.8. The van der Waals surface area contributed by atoms with Crippen LogP contribution in [0.2, 0.25) is 0 Å². The van der Waals surface area contributed by atoms with Gasteiger partial charge in [0.15, 0.2) is 0 Å². The second kappa shape index (κ2) is 26.2. The van der Waals surface area contributed by atoms with Gasteiger partial charge >= 0.3 is 7.60 Å². The van der Waals surface area contributed by atoms with Crippen LogP contribution in [0.4, 0.5) is 0 Å². The van der Waals surface area contributed by atoms with Crippen molar-refractivity contribution in [3.05, 3.63) is 0 Å². The molecule has 2 unspecified atom stereocenters. The minimum Gasteiger partial charge on any atom is -0.460 e. The first-order valence-electron chi connectivity index (χ1n) is 14.8. The molecule has 0 aromatic carbocycles. The fourth-order valence-corrected chi connectivity index (χ4v) is 5.31. The summed E-state index contributed by atoms with van der Waals surface area (Å²) in [5, 5.41) is 0. The summed E-state index contributed by atoms with van der Waals surface area (Å²) in [6.45, 7) is 9.40. The summed E-state index contributed by atoms with van der Waals surface area (Å²) in [6.07, 6.45) is 20.6. The highest BCUT2D eigenvalue weighted by atomic mass is 31.2. The fourth-order valence-electron chi connectivity index (χ4n) is 4.24. The molecule has 0 amide bonds. The zero-order valence-corrected chi connectivity index (χ0v) is 24.7. The Morgan fingerprint density at radius 2 is 1.22 bits per heavy atom. The van der Waals surface area contributed by atoms with Crippen LogP contribution < -0.4 is 0 Å². The molecule has 0 aliphatic rings. The van der Waals surface area contributed by atoms with Gasteiger partial charge < -0.3 is 23.8 Å². The summed E-state index contributed by atoms with van der Waals surface area (Å²) in [6, 6.07) is 0. The molecule has 7 nitrogen and oxygen atoms in total. The monoisotopic (exact) mass is 535 g/mol. The van der Waals surface area contributed by atoms with E-state index in [0.29, 0.717) is 19.6 Å². The first-order valence-corrected chi connectivity index (χ1v) is 16.6. The van der Waals surface area contributed by atoms with Gasteiger partial charge in [0.25, 0.3) is 6.47 Å². The molecule has 216 valence electrons. The Kier molecular flexibility index (Phi) is 25.8. The van der Waals surface area contributed by atoms with Gasteiger partial charge in [-0.15, -0.1) is 0 Å². The number of rotatable bonds is 29. The lowest BCUT2D eigenvalue weighted by atomic mass is 10.0. The highest BCUT2D eigenvalue weighted by Gasteiger charge is 2.23. The van der Waals surface area contributed by atoms with Crippen molar-refractivity contribution in [1.29, 1.82) is 0 Å². The molecule has 0 aliphatic heterocycles. The van der Waals surface area contributed by atoms with Crippen LogP contribution in [0.25, 0.3) is 0 Å². The van der Waals surface area contributed by atoms with Crippen LogP contribution >= 0.6 is 7.60 Å². The molecule has 8 heteroatoms. The normalized spacial score (nSPS) is 14.1. The van der Waals surface area contributed by atoms with E-state index in [2.05, 4.69) is 11.8 Å². The van der Waals surface area contributed by atoms with E-state index in [4.69, 9.17) is 14.0 Å². The molecule has 1 N–H and O–H groups in total. The highest BCUT2D eigenvalue weighted by Crippen LogP contribution is 2.41. The Hall–Kier alpha value is -0.460. The third kappa shape index (κ3) is 23.9. The maximum atomic E-state index is 12.2. The van der Waals surface area contributed by atoms with Crippen molar-refractivity contribution in [2.45, 2.75) is 130 Å². The van der Waals surface area contributed by atoms with Crippen LogP contribution in [0.1, 0.15) is 124 Å². The van der Waals surface area contributed by atoms with E-state index in [0.717, 1.165) is 25.9 Å². The van der Waals surface area contributed by atoms with E-state index in [1.807, 2.05) is 13.8 Å². The first kappa shape index (κ1) is 35.5. The first-order chi connectivity index (χ1) is 17.5. The zero-order chi connectivity index (χ0) is 26.7. The van der Waals surface area contributed by atoms with Crippen LogP contribution in [0, 0.1) is 0 Å². The van der Waals surface area contributed by atoms with Gasteiger partial charge in [0.1, 0.15) is 6.10 Å². The summed E-state index contributed by atoms with van der Waals surface area (Å²) < 4.78 is 28.0. The van der Waals surface area contributed by atoms with Gasteiger partial charge in [0.2, 0.25) is 0 Å². The molecule has 0 radical (unpaired) electrons. The van der Waals surface area contributed by atoms with Crippen molar-refractivity contribution in [1.82, 2.24) is 4.90 Å². The molecule has 0 saturated carbocycles. The van der Waals surface area contributed by atoms with Gasteiger partial charge in [0, 0.05) is 13.2 Å². The van der Waals surface area contributed by atoms with E-state index >= 15 is 0 Å². The van der Waals surface area contributed by atoms with E-state index < -0.39 is 13.7 Å². The number of hydrogen-bond acceptors (Lipinski definition) is 6. The predicted octanol–water partition coefficient (Wildman–Crippen LogP) is 7.35. The lowest BCUT2D eigenvalue weighted by Crippen LogP contribution is -2.28. The molecule has 0 spiro atoms. The van der Waals surface area contributed by atoms with Crippen molar-refractivity contribution >= 4 is 14.1 Å². The SMILES string of the molecule is CCCCCCCCCCCCCCCCCCOCC(COP(=O)(O)CCN(CC)CC)OC=O. The smallest absolute Gasteiger partial charge is 0.329 e. The number of nitrogens with zero attached hydrogens (tertiary/aromatic N) is 1. The molecule has 0 fully saturated rings. The van der Waals surface area contributed by atoms with Gasteiger partial charge in [-0.1, -0.05) is 117 Å². The lowest BCUT2D eigenvalue weighted by Gasteiger charge is -2.21. The van der Waals surface area contributed by atoms with E-state index in [1.165, 1.54) is 89.9 Å². The maximum absolute atomic E-state index is 12.2. The molecule has 0 aliphatic carbocycles. The molecular formula is C28H58NO6P. The van der Waals surface area contributed by atoms with Gasteiger partial charge in [-0.05, 0) is 19.5 Å². The maximum Gasteiger partial charge on any atom is 0.329 e. The molecule has 2 atom stereocenters. The second-order valence-corrected chi connectivity index (χ2v) is 11.9. The van der Waals surface area contributed by atoms with E-state index in [9.17, 15) is 14.3 Å². The summed E-state index contributed by atoms with van der Waals surface area (Å²) in [5.41, 5.74) is 0. The fraction of sp³-hybridized carbons (Fsp3) is 0.964. The Bertz CT molecular complexity index is 518. The molecule has 0 aromatic rings. The quantitative estimate of drug-likeness (QED) is 0.0609. The highest BCUT2D eigenvalue weighted by molar-refractivity contribution is 7.52. The predicted molar refractivity (Wildman–Crippen MR) is 150 cm³/mol. The minimum absolute atomic E-state index is 0.0581. The topological polar surface area (TPSA) is 85.3 Å². The molecule has 36 heavy (non-hydrogen) atoms. The molecule has 0 rings (SSSR count). The molecule has 0 bridgehead atoms. The summed E-state index contributed by atoms with van der Waals surface area (Å²) in [5.74, 6) is 0.